The summed E-state index contributed by atoms with van der Waals surface area (Å²) in [6.07, 6.45) is 0. The first-order valence-corrected chi connectivity index (χ1v) is 10.2. The Morgan fingerprint density at radius 1 is 1.07 bits per heavy atom. The maximum absolute atomic E-state index is 12.4. The molecular formula is C23H33N3O2+2. The van der Waals surface area contributed by atoms with Crippen molar-refractivity contribution >= 4 is 5.91 Å². The summed E-state index contributed by atoms with van der Waals surface area (Å²) in [7, 11) is 1.74. The minimum Gasteiger partial charge on any atom is -0.496 e. The van der Waals surface area contributed by atoms with Crippen molar-refractivity contribution in [2.75, 3.05) is 39.8 Å². The number of hydrogen-bond acceptors (Lipinski definition) is 2. The van der Waals surface area contributed by atoms with Crippen molar-refractivity contribution < 1.29 is 19.3 Å². The minimum atomic E-state index is 0.0498. The van der Waals surface area contributed by atoms with E-state index in [9.17, 15) is 4.79 Å². The van der Waals surface area contributed by atoms with E-state index in [1.165, 1.54) is 16.0 Å². The van der Waals surface area contributed by atoms with Gasteiger partial charge in [0.2, 0.25) is 0 Å². The Balaban J connectivity index is 1.45. The first-order chi connectivity index (χ1) is 13.5. The van der Waals surface area contributed by atoms with Crippen LogP contribution in [0.15, 0.2) is 48.5 Å². The number of hydrogen-bond donors (Lipinski definition) is 3. The highest BCUT2D eigenvalue weighted by Crippen LogP contribution is 2.18. The van der Waals surface area contributed by atoms with E-state index in [1.54, 1.807) is 12.0 Å². The summed E-state index contributed by atoms with van der Waals surface area (Å²) in [4.78, 5) is 15.4. The van der Waals surface area contributed by atoms with Crippen LogP contribution in [0.25, 0.3) is 0 Å². The molecule has 5 nitrogen and oxygen atoms in total. The van der Waals surface area contributed by atoms with Crippen LogP contribution in [0.5, 0.6) is 5.75 Å². The molecule has 0 aromatic heterocycles. The molecule has 3 rings (SSSR count). The number of carbonyl (C=O) groups is 1. The third-order valence-electron chi connectivity index (χ3n) is 5.63. The second-order valence-corrected chi connectivity index (χ2v) is 7.87. The highest BCUT2D eigenvalue weighted by atomic mass is 16.5. The van der Waals surface area contributed by atoms with Crippen LogP contribution in [0.2, 0.25) is 0 Å². The zero-order chi connectivity index (χ0) is 19.9. The number of ether oxygens (including phenoxy) is 1. The van der Waals surface area contributed by atoms with Crippen LogP contribution in [-0.2, 0) is 11.3 Å². The van der Waals surface area contributed by atoms with Gasteiger partial charge in [0.1, 0.15) is 38.5 Å². The molecule has 0 bridgehead atoms. The first kappa shape index (κ1) is 20.4. The molecule has 0 saturated carbocycles. The van der Waals surface area contributed by atoms with Crippen LogP contribution in [0.4, 0.5) is 0 Å². The van der Waals surface area contributed by atoms with Gasteiger partial charge in [-0.15, -0.1) is 0 Å². The molecule has 150 valence electrons. The van der Waals surface area contributed by atoms with Gasteiger partial charge in [0.25, 0.3) is 5.91 Å². The summed E-state index contributed by atoms with van der Waals surface area (Å²) in [6.45, 7) is 9.90. The second kappa shape index (κ2) is 9.71. The zero-order valence-corrected chi connectivity index (χ0v) is 17.3. The van der Waals surface area contributed by atoms with E-state index in [4.69, 9.17) is 4.74 Å². The van der Waals surface area contributed by atoms with Crippen LogP contribution in [0, 0.1) is 6.92 Å². The number of carbonyl (C=O) groups excluding carboxylic acids is 1. The van der Waals surface area contributed by atoms with Crippen LogP contribution in [0.1, 0.15) is 29.7 Å². The lowest BCUT2D eigenvalue weighted by Crippen LogP contribution is -3.28. The molecule has 0 unspecified atom stereocenters. The van der Waals surface area contributed by atoms with E-state index >= 15 is 0 Å². The molecule has 0 aliphatic carbocycles. The summed E-state index contributed by atoms with van der Waals surface area (Å²) >= 11 is 0. The maximum atomic E-state index is 12.4. The fourth-order valence-electron chi connectivity index (χ4n) is 3.97. The molecule has 1 amide bonds. The molecule has 1 saturated heterocycles. The number of amides is 1. The molecule has 2 aromatic carbocycles. The molecule has 0 spiro atoms. The van der Waals surface area contributed by atoms with E-state index in [2.05, 4.69) is 42.6 Å². The summed E-state index contributed by atoms with van der Waals surface area (Å²) in [5.41, 5.74) is 3.69. The summed E-state index contributed by atoms with van der Waals surface area (Å²) < 4.78 is 5.52. The van der Waals surface area contributed by atoms with Gasteiger partial charge in [0, 0.05) is 5.56 Å². The van der Waals surface area contributed by atoms with Crippen molar-refractivity contribution in [2.45, 2.75) is 26.4 Å². The Kier molecular flexibility index (Phi) is 7.06. The number of piperazine rings is 1. The van der Waals surface area contributed by atoms with Gasteiger partial charge in [-0.2, -0.15) is 0 Å². The van der Waals surface area contributed by atoms with Gasteiger partial charge in [0.15, 0.2) is 6.54 Å². The molecule has 1 aliphatic heterocycles. The van der Waals surface area contributed by atoms with Crippen molar-refractivity contribution in [3.63, 3.8) is 0 Å². The van der Waals surface area contributed by atoms with Crippen molar-refractivity contribution in [1.82, 2.24) is 5.32 Å². The van der Waals surface area contributed by atoms with Gasteiger partial charge in [0.05, 0.1) is 13.2 Å². The third kappa shape index (κ3) is 5.57. The van der Waals surface area contributed by atoms with E-state index in [0.717, 1.165) is 44.0 Å². The number of nitrogens with one attached hydrogen (secondary N) is 3. The quantitative estimate of drug-likeness (QED) is 0.638. The fourth-order valence-corrected chi connectivity index (χ4v) is 3.97. The Bertz CT molecular complexity index is 771. The topological polar surface area (TPSA) is 47.2 Å². The molecular weight excluding hydrogens is 350 g/mol. The average molecular weight is 384 g/mol. The van der Waals surface area contributed by atoms with Crippen molar-refractivity contribution in [2.24, 2.45) is 0 Å². The summed E-state index contributed by atoms with van der Waals surface area (Å²) in [6, 6.07) is 16.6. The lowest BCUT2D eigenvalue weighted by atomic mass is 10.1. The van der Waals surface area contributed by atoms with E-state index in [0.29, 0.717) is 6.54 Å². The lowest BCUT2D eigenvalue weighted by Gasteiger charge is -2.30. The van der Waals surface area contributed by atoms with Crippen LogP contribution in [0.3, 0.4) is 0 Å². The Hall–Kier alpha value is -2.37. The molecule has 1 heterocycles. The van der Waals surface area contributed by atoms with Gasteiger partial charge in [-0.25, -0.2) is 0 Å². The van der Waals surface area contributed by atoms with E-state index < -0.39 is 0 Å². The summed E-state index contributed by atoms with van der Waals surface area (Å²) in [5.74, 6) is 1.11. The van der Waals surface area contributed by atoms with Gasteiger partial charge in [-0.05, 0) is 31.5 Å². The van der Waals surface area contributed by atoms with Crippen LogP contribution >= 0.6 is 0 Å². The predicted molar refractivity (Wildman–Crippen MR) is 111 cm³/mol. The van der Waals surface area contributed by atoms with Gasteiger partial charge < -0.3 is 19.9 Å². The summed E-state index contributed by atoms with van der Waals surface area (Å²) in [5, 5.41) is 3.13. The standard InChI is InChI=1S/C23H31N3O2/c1-18-9-10-22(28-3)21(15-18)16-25-11-13-26(14-12-25)17-23(27)24-19(2)20-7-5-4-6-8-20/h4-10,15,19H,11-14,16-17H2,1-3H3,(H,24,27)/p+2/t19-/m0/s1. The fraction of sp³-hybridized carbons (Fsp3) is 0.435. The highest BCUT2D eigenvalue weighted by molar-refractivity contribution is 5.77. The third-order valence-corrected chi connectivity index (χ3v) is 5.63. The monoisotopic (exact) mass is 383 g/mol. The smallest absolute Gasteiger partial charge is 0.275 e. The first-order valence-electron chi connectivity index (χ1n) is 10.2. The average Bonchev–Trinajstić information content (AvgIpc) is 2.70. The van der Waals surface area contributed by atoms with Crippen LogP contribution < -0.4 is 19.9 Å². The van der Waals surface area contributed by atoms with Crippen molar-refractivity contribution in [3.8, 4) is 5.75 Å². The van der Waals surface area contributed by atoms with Gasteiger partial charge >= 0.3 is 0 Å². The molecule has 0 radical (unpaired) electrons. The number of rotatable bonds is 7. The Morgan fingerprint density at radius 2 is 1.75 bits per heavy atom. The normalized spacial score (nSPS) is 20.4. The highest BCUT2D eigenvalue weighted by Gasteiger charge is 2.26. The second-order valence-electron chi connectivity index (χ2n) is 7.87. The molecule has 3 N–H and O–H groups in total. The number of quaternary nitrogens is 2. The lowest BCUT2D eigenvalue weighted by molar-refractivity contribution is -1.02. The molecule has 2 aromatic rings. The largest absolute Gasteiger partial charge is 0.496 e. The number of methoxy groups -OCH3 is 1. The van der Waals surface area contributed by atoms with Crippen molar-refractivity contribution in [1.29, 1.82) is 0 Å². The zero-order valence-electron chi connectivity index (χ0n) is 17.3. The maximum Gasteiger partial charge on any atom is 0.275 e. The van der Waals surface area contributed by atoms with Gasteiger partial charge in [-0.3, -0.25) is 4.79 Å². The van der Waals surface area contributed by atoms with E-state index in [1.807, 2.05) is 25.1 Å². The molecule has 1 atom stereocenters. The molecule has 28 heavy (non-hydrogen) atoms. The number of aryl methyl sites for hydroxylation is 1. The predicted octanol–water partition coefficient (Wildman–Crippen LogP) is 0.164. The number of benzene rings is 2. The molecule has 1 aliphatic rings. The SMILES string of the molecule is COc1ccc(C)cc1C[NH+]1CC[NH+](CC(=O)N[C@@H](C)c2ccccc2)CC1. The minimum absolute atomic E-state index is 0.0498. The van der Waals surface area contributed by atoms with Crippen LogP contribution in [-0.4, -0.2) is 45.7 Å². The molecule has 5 heteroatoms. The Morgan fingerprint density at radius 3 is 2.43 bits per heavy atom. The van der Waals surface area contributed by atoms with E-state index in [-0.39, 0.29) is 11.9 Å². The Labute approximate surface area is 168 Å². The molecule has 1 fully saturated rings. The van der Waals surface area contributed by atoms with Crippen molar-refractivity contribution in [3.05, 3.63) is 65.2 Å². The van der Waals surface area contributed by atoms with Gasteiger partial charge in [-0.1, -0.05) is 42.0 Å².